The topological polar surface area (TPSA) is 69.6 Å². The molecule has 112 valence electrons. The van der Waals surface area contributed by atoms with Gasteiger partial charge in [0.25, 0.3) is 0 Å². The molecule has 1 saturated heterocycles. The van der Waals surface area contributed by atoms with E-state index < -0.39 is 10.2 Å². The molecule has 0 atom stereocenters. The first-order valence-electron chi connectivity index (χ1n) is 6.57. The fraction of sp³-hybridized carbons (Fsp3) is 0.538. The van der Waals surface area contributed by atoms with Gasteiger partial charge in [0.15, 0.2) is 0 Å². The van der Waals surface area contributed by atoms with Crippen LogP contribution in [0.4, 0.5) is 5.69 Å². The Bertz CT molecular complexity index is 569. The van der Waals surface area contributed by atoms with E-state index >= 15 is 0 Å². The molecule has 1 aliphatic heterocycles. The summed E-state index contributed by atoms with van der Waals surface area (Å²) >= 11 is 6.01. The maximum absolute atomic E-state index is 12.3. The summed E-state index contributed by atoms with van der Waals surface area (Å²) in [5.74, 6) is 0.198. The molecule has 7 heteroatoms. The summed E-state index contributed by atoms with van der Waals surface area (Å²) in [5.41, 5.74) is 1.34. The zero-order valence-corrected chi connectivity index (χ0v) is 12.9. The summed E-state index contributed by atoms with van der Waals surface area (Å²) in [6.45, 7) is 2.83. The van der Waals surface area contributed by atoms with Gasteiger partial charge in [-0.1, -0.05) is 17.7 Å². The third-order valence-corrected chi connectivity index (χ3v) is 5.38. The zero-order valence-electron chi connectivity index (χ0n) is 11.3. The quantitative estimate of drug-likeness (QED) is 0.892. The molecule has 0 bridgehead atoms. The van der Waals surface area contributed by atoms with E-state index in [1.807, 2.05) is 13.0 Å². The number of anilines is 1. The maximum atomic E-state index is 12.3. The fourth-order valence-electron chi connectivity index (χ4n) is 2.25. The van der Waals surface area contributed by atoms with E-state index in [0.29, 0.717) is 36.6 Å². The minimum absolute atomic E-state index is 0.116. The van der Waals surface area contributed by atoms with Crippen molar-refractivity contribution in [2.45, 2.75) is 19.8 Å². The summed E-state index contributed by atoms with van der Waals surface area (Å²) in [4.78, 5) is 0. The fourth-order valence-corrected chi connectivity index (χ4v) is 3.74. The number of aliphatic hydroxyl groups excluding tert-OH is 1. The molecule has 1 fully saturated rings. The van der Waals surface area contributed by atoms with Gasteiger partial charge in [0.05, 0.1) is 10.7 Å². The predicted molar refractivity (Wildman–Crippen MR) is 80.1 cm³/mol. The number of aliphatic hydroxyl groups is 1. The van der Waals surface area contributed by atoms with E-state index in [-0.39, 0.29) is 12.5 Å². The van der Waals surface area contributed by atoms with Crippen LogP contribution >= 0.6 is 11.6 Å². The van der Waals surface area contributed by atoms with Gasteiger partial charge in [0.2, 0.25) is 0 Å². The van der Waals surface area contributed by atoms with Crippen LogP contribution in [0.2, 0.25) is 5.02 Å². The van der Waals surface area contributed by atoms with Gasteiger partial charge in [-0.25, -0.2) is 0 Å². The molecule has 0 aliphatic carbocycles. The van der Waals surface area contributed by atoms with Crippen molar-refractivity contribution in [3.05, 3.63) is 28.8 Å². The number of hydrogen-bond acceptors (Lipinski definition) is 3. The Morgan fingerprint density at radius 2 is 2.05 bits per heavy atom. The van der Waals surface area contributed by atoms with E-state index in [1.54, 1.807) is 12.1 Å². The molecule has 20 heavy (non-hydrogen) atoms. The summed E-state index contributed by atoms with van der Waals surface area (Å²) in [6, 6.07) is 5.21. The van der Waals surface area contributed by atoms with Crippen molar-refractivity contribution in [3.63, 3.8) is 0 Å². The Morgan fingerprint density at radius 1 is 1.40 bits per heavy atom. The van der Waals surface area contributed by atoms with Crippen LogP contribution in [0.25, 0.3) is 0 Å². The third kappa shape index (κ3) is 3.63. The number of hydrogen-bond donors (Lipinski definition) is 2. The van der Waals surface area contributed by atoms with Gasteiger partial charge in [0, 0.05) is 19.7 Å². The molecule has 0 unspecified atom stereocenters. The zero-order chi connectivity index (χ0) is 14.8. The molecule has 0 aromatic heterocycles. The highest BCUT2D eigenvalue weighted by atomic mass is 35.5. The van der Waals surface area contributed by atoms with Crippen LogP contribution in [0.1, 0.15) is 18.4 Å². The molecule has 1 heterocycles. The Balaban J connectivity index is 2.10. The van der Waals surface area contributed by atoms with Gasteiger partial charge < -0.3 is 5.11 Å². The van der Waals surface area contributed by atoms with Gasteiger partial charge in [-0.05, 0) is 43.4 Å². The van der Waals surface area contributed by atoms with Crippen molar-refractivity contribution >= 4 is 27.5 Å². The monoisotopic (exact) mass is 318 g/mol. The van der Waals surface area contributed by atoms with Gasteiger partial charge in [-0.2, -0.15) is 12.7 Å². The lowest BCUT2D eigenvalue weighted by Gasteiger charge is -2.30. The van der Waals surface area contributed by atoms with Crippen molar-refractivity contribution in [2.24, 2.45) is 5.92 Å². The predicted octanol–water partition coefficient (Wildman–Crippen LogP) is 2.01. The number of halogens is 1. The molecule has 5 nitrogen and oxygen atoms in total. The molecule has 1 aromatic carbocycles. The van der Waals surface area contributed by atoms with Crippen molar-refractivity contribution in [3.8, 4) is 0 Å². The van der Waals surface area contributed by atoms with Crippen LogP contribution < -0.4 is 4.72 Å². The number of aryl methyl sites for hydroxylation is 1. The van der Waals surface area contributed by atoms with Gasteiger partial charge in [0.1, 0.15) is 0 Å². The summed E-state index contributed by atoms with van der Waals surface area (Å²) < 4.78 is 28.5. The van der Waals surface area contributed by atoms with Crippen LogP contribution in [0, 0.1) is 12.8 Å². The highest BCUT2D eigenvalue weighted by molar-refractivity contribution is 7.90. The van der Waals surface area contributed by atoms with Crippen molar-refractivity contribution in [1.82, 2.24) is 4.31 Å². The number of nitrogens with zero attached hydrogens (tertiary/aromatic N) is 1. The lowest BCUT2D eigenvalue weighted by atomic mass is 10.00. The van der Waals surface area contributed by atoms with Crippen LogP contribution in [-0.4, -0.2) is 37.5 Å². The van der Waals surface area contributed by atoms with Gasteiger partial charge in [-0.15, -0.1) is 0 Å². The lowest BCUT2D eigenvalue weighted by Crippen LogP contribution is -2.42. The Kier molecular flexibility index (Phi) is 4.90. The molecule has 0 radical (unpaired) electrons. The molecule has 0 saturated carbocycles. The molecule has 0 spiro atoms. The summed E-state index contributed by atoms with van der Waals surface area (Å²) in [7, 11) is -3.59. The number of piperidine rings is 1. The lowest BCUT2D eigenvalue weighted by molar-refractivity contribution is 0.170. The average molecular weight is 319 g/mol. The van der Waals surface area contributed by atoms with Gasteiger partial charge in [-0.3, -0.25) is 4.72 Å². The standard InChI is InChI=1S/C13H19ClN2O3S/c1-10-2-3-12(14)13(8-10)15-20(18,19)16-6-4-11(9-17)5-7-16/h2-3,8,11,15,17H,4-7,9H2,1H3. The smallest absolute Gasteiger partial charge is 0.301 e. The SMILES string of the molecule is Cc1ccc(Cl)c(NS(=O)(=O)N2CCC(CO)CC2)c1. The van der Waals surface area contributed by atoms with Crippen LogP contribution in [-0.2, 0) is 10.2 Å². The molecular weight excluding hydrogens is 300 g/mol. The normalized spacial score (nSPS) is 18.1. The summed E-state index contributed by atoms with van der Waals surface area (Å²) in [5, 5.41) is 9.46. The Labute approximate surface area is 124 Å². The Hall–Kier alpha value is -0.820. The van der Waals surface area contributed by atoms with Crippen molar-refractivity contribution in [2.75, 3.05) is 24.4 Å². The second-order valence-electron chi connectivity index (χ2n) is 5.12. The molecule has 1 aliphatic rings. The second-order valence-corrected chi connectivity index (χ2v) is 7.19. The van der Waals surface area contributed by atoms with Crippen molar-refractivity contribution < 1.29 is 13.5 Å². The molecular formula is C13H19ClN2O3S. The second kappa shape index (κ2) is 6.30. The first-order chi connectivity index (χ1) is 9.42. The largest absolute Gasteiger partial charge is 0.396 e. The minimum Gasteiger partial charge on any atom is -0.396 e. The average Bonchev–Trinajstić information content (AvgIpc) is 2.43. The first kappa shape index (κ1) is 15.6. The van der Waals surface area contributed by atoms with Crippen LogP contribution in [0.3, 0.4) is 0 Å². The van der Waals surface area contributed by atoms with Crippen molar-refractivity contribution in [1.29, 1.82) is 0 Å². The number of rotatable bonds is 4. The van der Waals surface area contributed by atoms with E-state index in [4.69, 9.17) is 16.7 Å². The van der Waals surface area contributed by atoms with Gasteiger partial charge >= 0.3 is 10.2 Å². The molecule has 2 N–H and O–H groups in total. The summed E-state index contributed by atoms with van der Waals surface area (Å²) in [6.07, 6.45) is 1.36. The third-order valence-electron chi connectivity index (χ3n) is 3.53. The van der Waals surface area contributed by atoms with E-state index in [2.05, 4.69) is 4.72 Å². The first-order valence-corrected chi connectivity index (χ1v) is 8.39. The Morgan fingerprint density at radius 3 is 2.65 bits per heavy atom. The highest BCUT2D eigenvalue weighted by Crippen LogP contribution is 2.26. The van der Waals surface area contributed by atoms with E-state index in [9.17, 15) is 8.42 Å². The van der Waals surface area contributed by atoms with Crippen LogP contribution in [0.15, 0.2) is 18.2 Å². The minimum atomic E-state index is -3.59. The van der Waals surface area contributed by atoms with E-state index in [0.717, 1.165) is 5.56 Å². The van der Waals surface area contributed by atoms with Crippen LogP contribution in [0.5, 0.6) is 0 Å². The molecule has 2 rings (SSSR count). The highest BCUT2D eigenvalue weighted by Gasteiger charge is 2.28. The molecule has 0 amide bonds. The van der Waals surface area contributed by atoms with E-state index in [1.165, 1.54) is 4.31 Å². The molecule has 1 aromatic rings. The maximum Gasteiger partial charge on any atom is 0.301 e. The number of nitrogens with one attached hydrogen (secondary N) is 1. The number of benzene rings is 1.